The number of pyridine rings is 1. The highest BCUT2D eigenvalue weighted by Gasteiger charge is 2.33. The van der Waals surface area contributed by atoms with Gasteiger partial charge in [0.15, 0.2) is 0 Å². The second-order valence-electron chi connectivity index (χ2n) is 7.40. The van der Waals surface area contributed by atoms with Gasteiger partial charge in [-0.25, -0.2) is 0 Å². The lowest BCUT2D eigenvalue weighted by atomic mass is 10.1. The van der Waals surface area contributed by atoms with Gasteiger partial charge in [-0.3, -0.25) is 4.98 Å². The number of hydrogen-bond acceptors (Lipinski definition) is 2. The van der Waals surface area contributed by atoms with Crippen molar-refractivity contribution in [3.63, 3.8) is 0 Å². The van der Waals surface area contributed by atoms with Crippen LogP contribution < -0.4 is 0 Å². The Morgan fingerprint density at radius 1 is 1.00 bits per heavy atom. The predicted molar refractivity (Wildman–Crippen MR) is 91.5 cm³/mol. The van der Waals surface area contributed by atoms with Crippen molar-refractivity contribution in [2.75, 3.05) is 0 Å². The molecule has 1 N–H and O–H groups in total. The molecular formula is C18H25NOSi. The van der Waals surface area contributed by atoms with E-state index in [-0.39, 0.29) is 5.04 Å². The van der Waals surface area contributed by atoms with Crippen molar-refractivity contribution in [2.45, 2.75) is 58.4 Å². The monoisotopic (exact) mass is 299 g/mol. The molecule has 1 rings (SSSR count). The lowest BCUT2D eigenvalue weighted by Crippen LogP contribution is -2.35. The summed E-state index contributed by atoms with van der Waals surface area (Å²) in [5.41, 5.74) is 4.12. The number of aromatic nitrogens is 1. The normalized spacial score (nSPS) is 12.0. The average molecular weight is 299 g/mol. The minimum atomic E-state index is -1.62. The Kier molecular flexibility index (Phi) is 5.05. The molecular weight excluding hydrogens is 274 g/mol. The van der Waals surface area contributed by atoms with Crippen molar-refractivity contribution in [2.24, 2.45) is 0 Å². The molecule has 112 valence electrons. The van der Waals surface area contributed by atoms with Gasteiger partial charge in [0.1, 0.15) is 13.7 Å². The minimum Gasteiger partial charge on any atom is -0.378 e. The van der Waals surface area contributed by atoms with Crippen LogP contribution in [0.15, 0.2) is 18.5 Å². The van der Waals surface area contributed by atoms with Crippen LogP contribution in [0.1, 0.15) is 45.7 Å². The molecule has 1 aromatic heterocycles. The smallest absolute Gasteiger partial charge is 0.138 e. The van der Waals surface area contributed by atoms with Crippen LogP contribution in [-0.2, 0) is 0 Å². The molecule has 0 unspecified atom stereocenters. The summed E-state index contributed by atoms with van der Waals surface area (Å²) in [5.74, 6) is 8.97. The Morgan fingerprint density at radius 3 is 2.00 bits per heavy atom. The van der Waals surface area contributed by atoms with Crippen LogP contribution in [0.5, 0.6) is 0 Å². The lowest BCUT2D eigenvalue weighted by molar-refractivity contribution is 0.143. The Balaban J connectivity index is 3.06. The fourth-order valence-corrected chi connectivity index (χ4v) is 2.05. The van der Waals surface area contributed by atoms with Crippen LogP contribution in [-0.4, -0.2) is 23.8 Å². The molecule has 0 aliphatic carbocycles. The summed E-state index contributed by atoms with van der Waals surface area (Å²) >= 11 is 0. The molecule has 0 saturated heterocycles. The van der Waals surface area contributed by atoms with Gasteiger partial charge in [0, 0.05) is 23.5 Å². The van der Waals surface area contributed by atoms with E-state index in [4.69, 9.17) is 0 Å². The largest absolute Gasteiger partial charge is 0.378 e. The molecule has 0 aromatic carbocycles. The van der Waals surface area contributed by atoms with E-state index in [2.05, 4.69) is 62.2 Å². The third-order valence-corrected chi connectivity index (χ3v) is 8.15. The van der Waals surface area contributed by atoms with Crippen LogP contribution >= 0.6 is 0 Å². The first-order valence-electron chi connectivity index (χ1n) is 7.14. The van der Waals surface area contributed by atoms with E-state index in [1.807, 2.05) is 6.07 Å². The van der Waals surface area contributed by atoms with Gasteiger partial charge in [0.05, 0.1) is 0 Å². The second kappa shape index (κ2) is 6.06. The van der Waals surface area contributed by atoms with Crippen molar-refractivity contribution < 1.29 is 5.11 Å². The molecule has 0 bridgehead atoms. The van der Waals surface area contributed by atoms with Gasteiger partial charge < -0.3 is 5.11 Å². The zero-order valence-corrected chi connectivity index (χ0v) is 15.1. The molecule has 0 aliphatic rings. The van der Waals surface area contributed by atoms with Crippen molar-refractivity contribution in [1.82, 2.24) is 4.98 Å². The quantitative estimate of drug-likeness (QED) is 0.586. The van der Waals surface area contributed by atoms with E-state index < -0.39 is 13.7 Å². The molecule has 1 heterocycles. The summed E-state index contributed by atoms with van der Waals surface area (Å²) in [6.07, 6.45) is 3.45. The molecule has 21 heavy (non-hydrogen) atoms. The molecule has 0 fully saturated rings. The molecule has 0 amide bonds. The topological polar surface area (TPSA) is 33.1 Å². The molecule has 0 saturated carbocycles. The first-order chi connectivity index (χ1) is 9.41. The van der Waals surface area contributed by atoms with E-state index in [0.29, 0.717) is 0 Å². The first kappa shape index (κ1) is 17.5. The summed E-state index contributed by atoms with van der Waals surface area (Å²) in [7, 11) is -1.62. The second-order valence-corrected chi connectivity index (χ2v) is 12.4. The van der Waals surface area contributed by atoms with Crippen LogP contribution in [0.4, 0.5) is 0 Å². The fourth-order valence-electron chi connectivity index (χ4n) is 1.22. The standard InChI is InChI=1S/C18H25NOSi/c1-17(2,3)21(6,7)11-9-16-12-15(13-19-14-16)8-10-18(4,5)20/h12-14,20H,1-7H3. The Labute approximate surface area is 130 Å². The summed E-state index contributed by atoms with van der Waals surface area (Å²) in [6, 6.07) is 1.92. The molecule has 3 heteroatoms. The molecule has 2 nitrogen and oxygen atoms in total. The Morgan fingerprint density at radius 2 is 1.52 bits per heavy atom. The molecule has 0 atom stereocenters. The van der Waals surface area contributed by atoms with Crippen molar-refractivity contribution >= 4 is 8.07 Å². The molecule has 1 aromatic rings. The maximum atomic E-state index is 9.63. The SMILES string of the molecule is CC(C)(O)C#Cc1cncc(C#C[Si](C)(C)C(C)(C)C)c1. The first-order valence-corrected chi connectivity index (χ1v) is 10.1. The predicted octanol–water partition coefficient (Wildman–Crippen LogP) is 3.60. The van der Waals surface area contributed by atoms with Gasteiger partial charge in [-0.2, -0.15) is 0 Å². The average Bonchev–Trinajstić information content (AvgIpc) is 2.32. The zero-order valence-electron chi connectivity index (χ0n) is 14.1. The molecule has 0 aliphatic heterocycles. The molecule has 0 radical (unpaired) electrons. The summed E-state index contributed by atoms with van der Waals surface area (Å²) in [4.78, 5) is 4.18. The van der Waals surface area contributed by atoms with E-state index in [0.717, 1.165) is 11.1 Å². The molecule has 0 spiro atoms. The Bertz CT molecular complexity index is 625. The third-order valence-electron chi connectivity index (χ3n) is 3.65. The van der Waals surface area contributed by atoms with Gasteiger partial charge in [-0.05, 0) is 25.0 Å². The number of rotatable bonds is 0. The van der Waals surface area contributed by atoms with Gasteiger partial charge in [-0.15, -0.1) is 5.54 Å². The maximum absolute atomic E-state index is 9.63. The van der Waals surface area contributed by atoms with Gasteiger partial charge in [0.2, 0.25) is 0 Å². The van der Waals surface area contributed by atoms with Crippen LogP contribution in [0.25, 0.3) is 0 Å². The number of hydrogen-bond donors (Lipinski definition) is 1. The Hall–Kier alpha value is -1.55. The van der Waals surface area contributed by atoms with Crippen LogP contribution in [0.3, 0.4) is 0 Å². The van der Waals surface area contributed by atoms with Gasteiger partial charge in [0.25, 0.3) is 0 Å². The highest BCUT2D eigenvalue weighted by molar-refractivity contribution is 6.87. The lowest BCUT2D eigenvalue weighted by Gasteiger charge is -2.31. The third kappa shape index (κ3) is 5.75. The van der Waals surface area contributed by atoms with Crippen molar-refractivity contribution in [1.29, 1.82) is 0 Å². The summed E-state index contributed by atoms with van der Waals surface area (Å²) in [6.45, 7) is 14.6. The van der Waals surface area contributed by atoms with E-state index in [1.165, 1.54) is 0 Å². The highest BCUT2D eigenvalue weighted by Crippen LogP contribution is 2.35. The zero-order chi connectivity index (χ0) is 16.3. The van der Waals surface area contributed by atoms with E-state index in [9.17, 15) is 5.11 Å². The van der Waals surface area contributed by atoms with Crippen molar-refractivity contribution in [3.8, 4) is 23.3 Å². The van der Waals surface area contributed by atoms with Gasteiger partial charge in [-0.1, -0.05) is 51.6 Å². The minimum absolute atomic E-state index is 0.242. The summed E-state index contributed by atoms with van der Waals surface area (Å²) in [5, 5.41) is 9.87. The fraction of sp³-hybridized carbons (Fsp3) is 0.500. The van der Waals surface area contributed by atoms with Crippen molar-refractivity contribution in [3.05, 3.63) is 29.6 Å². The van der Waals surface area contributed by atoms with Crippen LogP contribution in [0.2, 0.25) is 18.1 Å². The summed E-state index contributed by atoms with van der Waals surface area (Å²) < 4.78 is 0. The van der Waals surface area contributed by atoms with Gasteiger partial charge >= 0.3 is 0 Å². The number of nitrogens with zero attached hydrogens (tertiary/aromatic N) is 1. The maximum Gasteiger partial charge on any atom is 0.138 e. The van der Waals surface area contributed by atoms with E-state index in [1.54, 1.807) is 26.2 Å². The van der Waals surface area contributed by atoms with E-state index >= 15 is 0 Å². The van der Waals surface area contributed by atoms with Crippen LogP contribution in [0, 0.1) is 23.3 Å². The highest BCUT2D eigenvalue weighted by atomic mass is 28.3. The number of aliphatic hydroxyl groups is 1.